The summed E-state index contributed by atoms with van der Waals surface area (Å²) in [5.74, 6) is 0.268. The van der Waals surface area contributed by atoms with Gasteiger partial charge >= 0.3 is 0 Å². The van der Waals surface area contributed by atoms with E-state index in [1.54, 1.807) is 41.3 Å². The molecule has 2 aromatic carbocycles. The van der Waals surface area contributed by atoms with Gasteiger partial charge in [0.1, 0.15) is 12.4 Å². The van der Waals surface area contributed by atoms with E-state index in [2.05, 4.69) is 11.3 Å². The Hall–Kier alpha value is -2.80. The van der Waals surface area contributed by atoms with Crippen LogP contribution in [0.25, 0.3) is 0 Å². The summed E-state index contributed by atoms with van der Waals surface area (Å²) in [6.45, 7) is 9.87. The molecule has 6 nitrogen and oxygen atoms in total. The Labute approximate surface area is 172 Å². The third kappa shape index (κ3) is 4.79. The number of amides is 1. The number of aryl methyl sites for hydroxylation is 1. The van der Waals surface area contributed by atoms with Crippen molar-refractivity contribution in [1.29, 1.82) is 0 Å². The van der Waals surface area contributed by atoms with Crippen molar-refractivity contribution in [3.05, 3.63) is 66.2 Å². The van der Waals surface area contributed by atoms with Gasteiger partial charge in [-0.15, -0.1) is 6.58 Å². The Kier molecular flexibility index (Phi) is 5.71. The van der Waals surface area contributed by atoms with Gasteiger partial charge < -0.3 is 9.64 Å². The summed E-state index contributed by atoms with van der Waals surface area (Å²) in [4.78, 5) is 14.5. The molecule has 0 aliphatic carbocycles. The first-order valence-corrected chi connectivity index (χ1v) is 11.0. The Balaban J connectivity index is 1.86. The molecule has 3 rings (SSSR count). The van der Waals surface area contributed by atoms with E-state index >= 15 is 0 Å². The maximum atomic E-state index is 12.8. The van der Waals surface area contributed by atoms with Crippen molar-refractivity contribution < 1.29 is 17.9 Å². The zero-order valence-electron chi connectivity index (χ0n) is 16.9. The highest BCUT2D eigenvalue weighted by Crippen LogP contribution is 2.38. The van der Waals surface area contributed by atoms with Crippen LogP contribution in [0.2, 0.25) is 0 Å². The first kappa shape index (κ1) is 20.9. The minimum Gasteiger partial charge on any atom is -0.490 e. The van der Waals surface area contributed by atoms with E-state index in [-0.39, 0.29) is 18.3 Å². The molecule has 0 atom stereocenters. The van der Waals surface area contributed by atoms with Crippen LogP contribution in [0, 0.1) is 12.3 Å². The van der Waals surface area contributed by atoms with Crippen molar-refractivity contribution in [1.82, 2.24) is 0 Å². The molecule has 1 aliphatic rings. The number of hydrogen-bond acceptors (Lipinski definition) is 4. The lowest BCUT2D eigenvalue weighted by atomic mass is 9.93. The fourth-order valence-corrected chi connectivity index (χ4v) is 4.33. The number of hydrogen-bond donors (Lipinski definition) is 1. The summed E-state index contributed by atoms with van der Waals surface area (Å²) >= 11 is 0. The number of anilines is 2. The van der Waals surface area contributed by atoms with Gasteiger partial charge in [-0.25, -0.2) is 8.42 Å². The minimum atomic E-state index is -3.60. The molecule has 0 aromatic heterocycles. The molecular weight excluding hydrogens is 388 g/mol. The highest BCUT2D eigenvalue weighted by Gasteiger charge is 2.37. The second-order valence-corrected chi connectivity index (χ2v) is 9.63. The van der Waals surface area contributed by atoms with E-state index in [1.165, 1.54) is 0 Å². The maximum Gasteiger partial charge on any atom is 0.236 e. The van der Waals surface area contributed by atoms with Crippen LogP contribution in [-0.2, 0) is 20.6 Å². The molecular formula is C22H26N2O4S. The standard InChI is InChI=1S/C22H26N2O4S/c1-5-12-24-19-11-10-18(13-20(19)28-15-22(3,4)21(24)25)23-29(26,27)14-17-8-6-16(2)7-9-17/h5-11,13,23H,1,12,14-15H2,2-4H3. The van der Waals surface area contributed by atoms with Gasteiger partial charge in [-0.1, -0.05) is 35.9 Å². The molecule has 1 amide bonds. The quantitative estimate of drug-likeness (QED) is 0.728. The van der Waals surface area contributed by atoms with Crippen molar-refractivity contribution >= 4 is 27.3 Å². The summed E-state index contributed by atoms with van der Waals surface area (Å²) < 4.78 is 33.6. The van der Waals surface area contributed by atoms with E-state index in [4.69, 9.17) is 4.74 Å². The normalized spacial score (nSPS) is 15.8. The molecule has 1 N–H and O–H groups in total. The van der Waals surface area contributed by atoms with Crippen LogP contribution in [0.15, 0.2) is 55.1 Å². The molecule has 154 valence electrons. The lowest BCUT2D eigenvalue weighted by Crippen LogP contribution is -2.42. The number of ether oxygens (including phenoxy) is 1. The van der Waals surface area contributed by atoms with Crippen molar-refractivity contribution in [2.75, 3.05) is 22.8 Å². The zero-order valence-corrected chi connectivity index (χ0v) is 17.8. The second kappa shape index (κ2) is 7.91. The molecule has 0 saturated heterocycles. The molecule has 0 fully saturated rings. The Morgan fingerprint density at radius 2 is 1.90 bits per heavy atom. The molecule has 29 heavy (non-hydrogen) atoms. The second-order valence-electron chi connectivity index (χ2n) is 7.91. The number of fused-ring (bicyclic) bond motifs is 1. The lowest BCUT2D eigenvalue weighted by Gasteiger charge is -2.27. The number of rotatable bonds is 6. The topological polar surface area (TPSA) is 75.7 Å². The molecule has 0 bridgehead atoms. The number of nitrogens with zero attached hydrogens (tertiary/aromatic N) is 1. The van der Waals surface area contributed by atoms with E-state index in [9.17, 15) is 13.2 Å². The first-order chi connectivity index (χ1) is 13.6. The van der Waals surface area contributed by atoms with Crippen LogP contribution in [0.5, 0.6) is 5.75 Å². The predicted molar refractivity (Wildman–Crippen MR) is 116 cm³/mol. The number of carbonyl (C=O) groups is 1. The SMILES string of the molecule is C=CCN1C(=O)C(C)(C)COc2cc(NS(=O)(=O)Cc3ccc(C)cc3)ccc21. The number of benzene rings is 2. The highest BCUT2D eigenvalue weighted by molar-refractivity contribution is 7.91. The average molecular weight is 415 g/mol. The molecule has 7 heteroatoms. The maximum absolute atomic E-state index is 12.8. The minimum absolute atomic E-state index is 0.0659. The molecule has 0 unspecified atom stereocenters. The lowest BCUT2D eigenvalue weighted by molar-refractivity contribution is -0.127. The van der Waals surface area contributed by atoms with Crippen LogP contribution < -0.4 is 14.4 Å². The van der Waals surface area contributed by atoms with E-state index in [0.29, 0.717) is 29.2 Å². The van der Waals surface area contributed by atoms with Gasteiger partial charge in [0.15, 0.2) is 0 Å². The monoisotopic (exact) mass is 414 g/mol. The molecule has 1 aliphatic heterocycles. The molecule has 1 heterocycles. The largest absolute Gasteiger partial charge is 0.490 e. The fourth-order valence-electron chi connectivity index (χ4n) is 3.14. The molecule has 0 spiro atoms. The average Bonchev–Trinajstić information content (AvgIpc) is 2.74. The predicted octanol–water partition coefficient (Wildman–Crippen LogP) is 3.87. The van der Waals surface area contributed by atoms with E-state index in [0.717, 1.165) is 5.56 Å². The highest BCUT2D eigenvalue weighted by atomic mass is 32.2. The van der Waals surface area contributed by atoms with Crippen LogP contribution in [0.3, 0.4) is 0 Å². The van der Waals surface area contributed by atoms with Crippen molar-refractivity contribution in [2.24, 2.45) is 5.41 Å². The van der Waals surface area contributed by atoms with Crippen LogP contribution in [-0.4, -0.2) is 27.5 Å². The van der Waals surface area contributed by atoms with Gasteiger partial charge in [-0.3, -0.25) is 9.52 Å². The fraction of sp³-hybridized carbons (Fsp3) is 0.318. The van der Waals surface area contributed by atoms with Crippen LogP contribution >= 0.6 is 0 Å². The third-order valence-corrected chi connectivity index (χ3v) is 5.99. The number of sulfonamides is 1. The van der Waals surface area contributed by atoms with Crippen molar-refractivity contribution in [2.45, 2.75) is 26.5 Å². The summed E-state index contributed by atoms with van der Waals surface area (Å²) in [6, 6.07) is 12.3. The van der Waals surface area contributed by atoms with Crippen molar-refractivity contribution in [3.63, 3.8) is 0 Å². The zero-order chi connectivity index (χ0) is 21.2. The van der Waals surface area contributed by atoms with Crippen LogP contribution in [0.4, 0.5) is 11.4 Å². The van der Waals surface area contributed by atoms with Crippen molar-refractivity contribution in [3.8, 4) is 5.75 Å². The number of carbonyl (C=O) groups excluding carboxylic acids is 1. The van der Waals surface area contributed by atoms with E-state index < -0.39 is 15.4 Å². The van der Waals surface area contributed by atoms with Gasteiger partial charge in [0.05, 0.1) is 22.5 Å². The van der Waals surface area contributed by atoms with Gasteiger partial charge in [-0.2, -0.15) is 0 Å². The summed E-state index contributed by atoms with van der Waals surface area (Å²) in [5.41, 5.74) is 2.07. The Bertz CT molecular complexity index is 1030. The molecule has 0 radical (unpaired) electrons. The van der Waals surface area contributed by atoms with Crippen LogP contribution in [0.1, 0.15) is 25.0 Å². The van der Waals surface area contributed by atoms with E-state index in [1.807, 2.05) is 32.9 Å². The summed E-state index contributed by atoms with van der Waals surface area (Å²) in [6.07, 6.45) is 1.65. The molecule has 2 aromatic rings. The Morgan fingerprint density at radius 1 is 1.21 bits per heavy atom. The first-order valence-electron chi connectivity index (χ1n) is 9.37. The number of nitrogens with one attached hydrogen (secondary N) is 1. The molecule has 0 saturated carbocycles. The smallest absolute Gasteiger partial charge is 0.236 e. The third-order valence-electron chi connectivity index (χ3n) is 4.73. The van der Waals surface area contributed by atoms with Gasteiger partial charge in [0.2, 0.25) is 15.9 Å². The summed E-state index contributed by atoms with van der Waals surface area (Å²) in [7, 11) is -3.60. The Morgan fingerprint density at radius 3 is 2.55 bits per heavy atom. The summed E-state index contributed by atoms with van der Waals surface area (Å²) in [5, 5.41) is 0. The van der Waals surface area contributed by atoms with Gasteiger partial charge in [0.25, 0.3) is 0 Å². The van der Waals surface area contributed by atoms with Gasteiger partial charge in [0, 0.05) is 12.6 Å². The van der Waals surface area contributed by atoms with Gasteiger partial charge in [-0.05, 0) is 38.5 Å².